The molecule has 25 heavy (non-hydrogen) atoms. The van der Waals surface area contributed by atoms with Crippen molar-refractivity contribution in [3.05, 3.63) is 48.5 Å². The summed E-state index contributed by atoms with van der Waals surface area (Å²) in [5.41, 5.74) is 0.0631. The highest BCUT2D eigenvalue weighted by atomic mass is 32.2. The molecule has 4 unspecified atom stereocenters. The largest absolute Gasteiger partial charge is 0.343 e. The molecule has 0 spiro atoms. The summed E-state index contributed by atoms with van der Waals surface area (Å²) in [6.07, 6.45) is 0. The predicted molar refractivity (Wildman–Crippen MR) is 113 cm³/mol. The van der Waals surface area contributed by atoms with Crippen molar-refractivity contribution in [1.29, 1.82) is 0 Å². The highest BCUT2D eigenvalue weighted by Crippen LogP contribution is 2.52. The molecule has 2 aliphatic rings. The molecule has 0 aliphatic carbocycles. The molecule has 4 rings (SSSR count). The number of hydrogen-bond acceptors (Lipinski definition) is 7. The molecule has 0 aromatic heterocycles. The first-order valence-corrected chi connectivity index (χ1v) is 11.3. The van der Waals surface area contributed by atoms with E-state index in [0.29, 0.717) is 0 Å². The van der Waals surface area contributed by atoms with E-state index >= 15 is 0 Å². The van der Waals surface area contributed by atoms with Gasteiger partial charge in [-0.25, -0.2) is 0 Å². The van der Waals surface area contributed by atoms with E-state index < -0.39 is 0 Å². The van der Waals surface area contributed by atoms with Gasteiger partial charge in [-0.05, 0) is 62.4 Å². The Labute approximate surface area is 172 Å². The lowest BCUT2D eigenvalue weighted by Crippen LogP contribution is -1.99. The number of epoxide rings is 2. The zero-order chi connectivity index (χ0) is 17.7. The molecule has 0 radical (unpaired) electrons. The molecule has 2 aromatic carbocycles. The normalized spacial score (nSPS) is 33.3. The summed E-state index contributed by atoms with van der Waals surface area (Å²) < 4.78 is 11.0. The highest BCUT2D eigenvalue weighted by Gasteiger charge is 2.51. The highest BCUT2D eigenvalue weighted by molar-refractivity contribution is 8.02. The fourth-order valence-corrected chi connectivity index (χ4v) is 5.96. The molecule has 4 atom stereocenters. The van der Waals surface area contributed by atoms with Crippen LogP contribution in [0.2, 0.25) is 0 Å². The standard InChI is InChI=1S/C18H18O2S5/c1-17(15(21)19-17)24-13-7-3-11(4-8-13)23-12-5-9-14(10-6-12)25-18(2)16(22)20-18/h3-10,15-16,21-22H,1-2H3. The van der Waals surface area contributed by atoms with Gasteiger partial charge in [0.2, 0.25) is 0 Å². The Kier molecular flexibility index (Phi) is 5.12. The summed E-state index contributed by atoms with van der Waals surface area (Å²) in [5.74, 6) is 0. The summed E-state index contributed by atoms with van der Waals surface area (Å²) in [4.78, 5) is 4.49. The fourth-order valence-electron chi connectivity index (χ4n) is 2.28. The van der Waals surface area contributed by atoms with Crippen LogP contribution >= 0.6 is 60.5 Å². The first kappa shape index (κ1) is 18.5. The van der Waals surface area contributed by atoms with E-state index in [-0.39, 0.29) is 20.7 Å². The van der Waals surface area contributed by atoms with Crippen LogP contribution in [0.25, 0.3) is 0 Å². The number of thioether (sulfide) groups is 2. The maximum Gasteiger partial charge on any atom is 0.152 e. The van der Waals surface area contributed by atoms with Gasteiger partial charge < -0.3 is 9.47 Å². The van der Waals surface area contributed by atoms with Gasteiger partial charge in [-0.15, -0.1) is 25.3 Å². The molecular formula is C18H18O2S5. The smallest absolute Gasteiger partial charge is 0.152 e. The minimum Gasteiger partial charge on any atom is -0.343 e. The van der Waals surface area contributed by atoms with Crippen LogP contribution in [0.5, 0.6) is 0 Å². The van der Waals surface area contributed by atoms with Crippen molar-refractivity contribution in [3.63, 3.8) is 0 Å². The zero-order valence-electron chi connectivity index (χ0n) is 13.7. The SMILES string of the molecule is CC1(Sc2ccc(Sc3ccc(SC4(C)OC4S)cc3)cc2)OC1S. The fraction of sp³-hybridized carbons (Fsp3) is 0.333. The van der Waals surface area contributed by atoms with E-state index in [1.807, 2.05) is 0 Å². The minimum atomic E-state index is -0.181. The van der Waals surface area contributed by atoms with E-state index in [4.69, 9.17) is 9.47 Å². The van der Waals surface area contributed by atoms with Gasteiger partial charge in [0, 0.05) is 19.6 Å². The minimum absolute atomic E-state index is 0.0315. The first-order valence-electron chi connectivity index (χ1n) is 7.84. The quantitative estimate of drug-likeness (QED) is 0.434. The van der Waals surface area contributed by atoms with Gasteiger partial charge in [-0.2, -0.15) is 0 Å². The van der Waals surface area contributed by atoms with Crippen LogP contribution in [0.15, 0.2) is 68.1 Å². The molecule has 0 N–H and O–H groups in total. The Morgan fingerprint density at radius 1 is 0.680 bits per heavy atom. The molecule has 0 bridgehead atoms. The molecule has 7 heteroatoms. The predicted octanol–water partition coefficient (Wildman–Crippen LogP) is 6.03. The lowest BCUT2D eigenvalue weighted by molar-refractivity contribution is 0.394. The van der Waals surface area contributed by atoms with Crippen molar-refractivity contribution in [2.24, 2.45) is 0 Å². The average molecular weight is 427 g/mol. The molecule has 2 aromatic rings. The van der Waals surface area contributed by atoms with Crippen LogP contribution in [0.1, 0.15) is 13.8 Å². The van der Waals surface area contributed by atoms with Crippen LogP contribution in [-0.2, 0) is 9.47 Å². The zero-order valence-corrected chi connectivity index (χ0v) is 17.9. The van der Waals surface area contributed by atoms with Crippen molar-refractivity contribution < 1.29 is 9.47 Å². The Morgan fingerprint density at radius 2 is 0.960 bits per heavy atom. The van der Waals surface area contributed by atoms with Crippen molar-refractivity contribution >= 4 is 60.5 Å². The summed E-state index contributed by atoms with van der Waals surface area (Å²) >= 11 is 13.9. The van der Waals surface area contributed by atoms with E-state index in [1.165, 1.54) is 19.6 Å². The Bertz CT molecular complexity index is 701. The summed E-state index contributed by atoms with van der Waals surface area (Å²) in [5, 5.41) is 0. The van der Waals surface area contributed by atoms with Crippen LogP contribution in [-0.4, -0.2) is 20.7 Å². The van der Waals surface area contributed by atoms with Gasteiger partial charge in [-0.3, -0.25) is 0 Å². The molecular weight excluding hydrogens is 409 g/mol. The van der Waals surface area contributed by atoms with Gasteiger partial charge in [0.15, 0.2) is 9.87 Å². The van der Waals surface area contributed by atoms with Gasteiger partial charge in [0.1, 0.15) is 10.9 Å². The van der Waals surface area contributed by atoms with Crippen LogP contribution in [0.3, 0.4) is 0 Å². The number of ether oxygens (including phenoxy) is 2. The van der Waals surface area contributed by atoms with Gasteiger partial charge in [0.05, 0.1) is 0 Å². The van der Waals surface area contributed by atoms with Crippen molar-refractivity contribution in [3.8, 4) is 0 Å². The molecule has 2 heterocycles. The van der Waals surface area contributed by atoms with Gasteiger partial charge in [-0.1, -0.05) is 35.3 Å². The number of benzene rings is 2. The second-order valence-electron chi connectivity index (χ2n) is 6.22. The van der Waals surface area contributed by atoms with E-state index in [2.05, 4.69) is 87.6 Å². The third-order valence-electron chi connectivity index (χ3n) is 4.00. The van der Waals surface area contributed by atoms with Crippen LogP contribution in [0.4, 0.5) is 0 Å². The second kappa shape index (κ2) is 6.93. The second-order valence-corrected chi connectivity index (χ2v) is 11.3. The molecule has 0 amide bonds. The Hall–Kier alpha value is 0.110. The molecule has 132 valence electrons. The summed E-state index contributed by atoms with van der Waals surface area (Å²) in [6, 6.07) is 17.2. The van der Waals surface area contributed by atoms with Crippen molar-refractivity contribution in [2.45, 2.75) is 54.2 Å². The maximum absolute atomic E-state index is 5.50. The summed E-state index contributed by atoms with van der Waals surface area (Å²) in [6.45, 7) is 4.14. The lowest BCUT2D eigenvalue weighted by Gasteiger charge is -2.08. The monoisotopic (exact) mass is 426 g/mol. The Balaban J connectivity index is 1.35. The van der Waals surface area contributed by atoms with E-state index in [0.717, 1.165) is 0 Å². The molecule has 0 saturated carbocycles. The third-order valence-corrected chi connectivity index (χ3v) is 9.01. The Morgan fingerprint density at radius 3 is 1.24 bits per heavy atom. The van der Waals surface area contributed by atoms with Crippen LogP contribution in [0, 0.1) is 0 Å². The molecule has 2 aliphatic heterocycles. The molecule has 2 fully saturated rings. The third kappa shape index (κ3) is 4.34. The number of hydrogen-bond donors (Lipinski definition) is 2. The lowest BCUT2D eigenvalue weighted by atomic mass is 10.4. The summed E-state index contributed by atoms with van der Waals surface area (Å²) in [7, 11) is 0. The first-order chi connectivity index (χ1) is 11.9. The maximum atomic E-state index is 5.50. The average Bonchev–Trinajstić information content (AvgIpc) is 3.38. The molecule has 2 nitrogen and oxygen atoms in total. The van der Waals surface area contributed by atoms with Crippen molar-refractivity contribution in [1.82, 2.24) is 0 Å². The topological polar surface area (TPSA) is 25.1 Å². The number of rotatable bonds is 6. The van der Waals surface area contributed by atoms with E-state index in [1.54, 1.807) is 35.3 Å². The van der Waals surface area contributed by atoms with E-state index in [9.17, 15) is 0 Å². The number of thiol groups is 2. The molecule has 2 saturated heterocycles. The van der Waals surface area contributed by atoms with Crippen LogP contribution < -0.4 is 0 Å². The van der Waals surface area contributed by atoms with Gasteiger partial charge >= 0.3 is 0 Å². The van der Waals surface area contributed by atoms with Gasteiger partial charge in [0.25, 0.3) is 0 Å². The van der Waals surface area contributed by atoms with Crippen molar-refractivity contribution in [2.75, 3.05) is 0 Å².